The molecule has 1 aliphatic rings. The smallest absolute Gasteiger partial charge is 0.116 e. The summed E-state index contributed by atoms with van der Waals surface area (Å²) in [5, 5.41) is 10.8. The maximum Gasteiger partial charge on any atom is 0.116 e. The van der Waals surface area contributed by atoms with Gasteiger partial charge in [-0.05, 0) is 6.42 Å². The first-order chi connectivity index (χ1) is 5.92. The molecule has 1 aromatic heterocycles. The first-order valence-electron chi connectivity index (χ1n) is 3.87. The second kappa shape index (κ2) is 2.81. The summed E-state index contributed by atoms with van der Waals surface area (Å²) in [6, 6.07) is 0. The van der Waals surface area contributed by atoms with Crippen molar-refractivity contribution in [3.8, 4) is 0 Å². The van der Waals surface area contributed by atoms with E-state index in [-0.39, 0.29) is 0 Å². The van der Waals surface area contributed by atoms with Crippen LogP contribution in [0.5, 0.6) is 0 Å². The molecule has 0 fully saturated rings. The molecule has 0 unspecified atom stereocenters. The van der Waals surface area contributed by atoms with Crippen LogP contribution in [0.15, 0.2) is 17.4 Å². The summed E-state index contributed by atoms with van der Waals surface area (Å²) in [5.41, 5.74) is 2.98. The molecule has 4 nitrogen and oxygen atoms in total. The number of aromatic amines is 1. The van der Waals surface area contributed by atoms with Crippen molar-refractivity contribution in [1.82, 2.24) is 15.5 Å². The Balaban J connectivity index is 2.38. The van der Waals surface area contributed by atoms with E-state index in [1.165, 1.54) is 0 Å². The Labute approximate surface area is 70.4 Å². The quantitative estimate of drug-likeness (QED) is 0.688. The van der Waals surface area contributed by atoms with Crippen molar-refractivity contribution in [3.05, 3.63) is 23.7 Å². The van der Waals surface area contributed by atoms with E-state index in [9.17, 15) is 0 Å². The largest absolute Gasteiger partial charge is 0.285 e. The molecule has 0 aliphatic carbocycles. The molecule has 0 aromatic carbocycles. The summed E-state index contributed by atoms with van der Waals surface area (Å²) in [7, 11) is 0. The Morgan fingerprint density at radius 1 is 1.50 bits per heavy atom. The molecule has 61 valence electrons. The number of aryl methyl sites for hydroxylation is 1. The lowest BCUT2D eigenvalue weighted by molar-refractivity contribution is 0.972. The SMILES string of the molecule is CCc1n[nH]cc1C1=C[N]C=N1. The molecule has 0 spiro atoms. The maximum atomic E-state index is 4.10. The number of H-pyrrole nitrogens is 1. The van der Waals surface area contributed by atoms with Crippen molar-refractivity contribution in [3.63, 3.8) is 0 Å². The average Bonchev–Trinajstić information content (AvgIpc) is 2.74. The normalized spacial score (nSPS) is 14.6. The lowest BCUT2D eigenvalue weighted by atomic mass is 10.2. The standard InChI is InChI=1S/C8H9N4/c1-2-7-6(3-11-12-7)8-4-9-5-10-8/h3-5H,2H2,1H3,(H,11,12). The summed E-state index contributed by atoms with van der Waals surface area (Å²) >= 11 is 0. The highest BCUT2D eigenvalue weighted by Gasteiger charge is 2.10. The van der Waals surface area contributed by atoms with Gasteiger partial charge in [0.2, 0.25) is 0 Å². The minimum absolute atomic E-state index is 0.889. The number of aromatic nitrogens is 2. The van der Waals surface area contributed by atoms with Crippen molar-refractivity contribution in [2.45, 2.75) is 13.3 Å². The van der Waals surface area contributed by atoms with Crippen LogP contribution in [-0.4, -0.2) is 16.5 Å². The van der Waals surface area contributed by atoms with Crippen LogP contribution >= 0.6 is 0 Å². The first-order valence-corrected chi connectivity index (χ1v) is 3.87. The third-order valence-corrected chi connectivity index (χ3v) is 1.79. The van der Waals surface area contributed by atoms with Gasteiger partial charge in [0.25, 0.3) is 0 Å². The molecule has 2 heterocycles. The third kappa shape index (κ3) is 1.01. The predicted molar refractivity (Wildman–Crippen MR) is 46.6 cm³/mol. The van der Waals surface area contributed by atoms with E-state index in [1.54, 1.807) is 12.5 Å². The van der Waals surface area contributed by atoms with Gasteiger partial charge in [-0.1, -0.05) is 6.92 Å². The number of aliphatic imine (C=N–C) groups is 1. The van der Waals surface area contributed by atoms with Crippen LogP contribution in [0.25, 0.3) is 5.70 Å². The fourth-order valence-electron chi connectivity index (χ4n) is 1.18. The van der Waals surface area contributed by atoms with E-state index in [2.05, 4.69) is 27.4 Å². The Hall–Kier alpha value is -1.58. The van der Waals surface area contributed by atoms with Crippen molar-refractivity contribution in [2.24, 2.45) is 4.99 Å². The Morgan fingerprint density at radius 2 is 2.42 bits per heavy atom. The lowest BCUT2D eigenvalue weighted by Gasteiger charge is -1.94. The van der Waals surface area contributed by atoms with E-state index >= 15 is 0 Å². The summed E-state index contributed by atoms with van der Waals surface area (Å²) in [6.07, 6.45) is 6.04. The van der Waals surface area contributed by atoms with E-state index in [1.807, 2.05) is 6.20 Å². The van der Waals surface area contributed by atoms with Gasteiger partial charge in [0.15, 0.2) is 0 Å². The second-order valence-corrected chi connectivity index (χ2v) is 2.51. The molecule has 0 saturated heterocycles. The second-order valence-electron chi connectivity index (χ2n) is 2.51. The fraction of sp³-hybridized carbons (Fsp3) is 0.250. The maximum absolute atomic E-state index is 4.10. The minimum Gasteiger partial charge on any atom is -0.285 e. The number of nitrogens with one attached hydrogen (secondary N) is 1. The third-order valence-electron chi connectivity index (χ3n) is 1.79. The molecule has 2 rings (SSSR count). The van der Waals surface area contributed by atoms with Gasteiger partial charge in [0.05, 0.1) is 17.6 Å². The molecular formula is C8H9N4. The van der Waals surface area contributed by atoms with Crippen LogP contribution in [0, 0.1) is 0 Å². The number of rotatable bonds is 2. The number of hydrogen-bond donors (Lipinski definition) is 1. The molecular weight excluding hydrogens is 152 g/mol. The summed E-state index contributed by atoms with van der Waals surface area (Å²) < 4.78 is 0. The highest BCUT2D eigenvalue weighted by atomic mass is 15.1. The van der Waals surface area contributed by atoms with E-state index < -0.39 is 0 Å². The zero-order valence-corrected chi connectivity index (χ0v) is 6.78. The molecule has 0 saturated carbocycles. The lowest BCUT2D eigenvalue weighted by Crippen LogP contribution is -1.86. The van der Waals surface area contributed by atoms with Crippen molar-refractivity contribution >= 4 is 12.0 Å². The summed E-state index contributed by atoms with van der Waals surface area (Å²) in [5.74, 6) is 0. The molecule has 1 N–H and O–H groups in total. The fourth-order valence-corrected chi connectivity index (χ4v) is 1.18. The van der Waals surface area contributed by atoms with Crippen LogP contribution in [0.4, 0.5) is 0 Å². The summed E-state index contributed by atoms with van der Waals surface area (Å²) in [6.45, 7) is 2.07. The molecule has 1 aliphatic heterocycles. The molecule has 0 amide bonds. The number of nitrogens with zero attached hydrogens (tertiary/aromatic N) is 3. The van der Waals surface area contributed by atoms with Gasteiger partial charge in [0, 0.05) is 11.8 Å². The van der Waals surface area contributed by atoms with Gasteiger partial charge in [-0.15, -0.1) is 0 Å². The topological polar surface area (TPSA) is 55.1 Å². The van der Waals surface area contributed by atoms with Crippen molar-refractivity contribution in [1.29, 1.82) is 0 Å². The van der Waals surface area contributed by atoms with Gasteiger partial charge < -0.3 is 0 Å². The van der Waals surface area contributed by atoms with Crippen LogP contribution in [0.1, 0.15) is 18.2 Å². The zero-order valence-electron chi connectivity index (χ0n) is 6.78. The van der Waals surface area contributed by atoms with Gasteiger partial charge in [0.1, 0.15) is 6.34 Å². The molecule has 4 heteroatoms. The zero-order chi connectivity index (χ0) is 8.39. The molecule has 1 radical (unpaired) electrons. The molecule has 1 aromatic rings. The van der Waals surface area contributed by atoms with Crippen molar-refractivity contribution in [2.75, 3.05) is 0 Å². The van der Waals surface area contributed by atoms with Crippen LogP contribution in [0.2, 0.25) is 0 Å². The van der Waals surface area contributed by atoms with E-state index in [0.29, 0.717) is 0 Å². The molecule has 12 heavy (non-hydrogen) atoms. The highest BCUT2D eigenvalue weighted by Crippen LogP contribution is 2.19. The molecule has 0 bridgehead atoms. The highest BCUT2D eigenvalue weighted by molar-refractivity contribution is 5.79. The average molecular weight is 161 g/mol. The van der Waals surface area contributed by atoms with Crippen LogP contribution in [-0.2, 0) is 6.42 Å². The Kier molecular flexibility index (Phi) is 1.66. The molecule has 0 atom stereocenters. The first kappa shape index (κ1) is 7.09. The van der Waals surface area contributed by atoms with Crippen LogP contribution < -0.4 is 5.32 Å². The van der Waals surface area contributed by atoms with E-state index in [4.69, 9.17) is 0 Å². The Morgan fingerprint density at radius 3 is 3.08 bits per heavy atom. The Bertz CT molecular complexity index is 335. The summed E-state index contributed by atoms with van der Waals surface area (Å²) in [4.78, 5) is 4.10. The minimum atomic E-state index is 0.889. The van der Waals surface area contributed by atoms with E-state index in [0.717, 1.165) is 23.4 Å². The van der Waals surface area contributed by atoms with Gasteiger partial charge in [-0.3, -0.25) is 5.10 Å². The van der Waals surface area contributed by atoms with Crippen molar-refractivity contribution < 1.29 is 0 Å². The number of hydrogen-bond acceptors (Lipinski definition) is 2. The van der Waals surface area contributed by atoms with Crippen LogP contribution in [0.3, 0.4) is 0 Å². The van der Waals surface area contributed by atoms with Gasteiger partial charge in [-0.25, -0.2) is 10.3 Å². The monoisotopic (exact) mass is 161 g/mol. The van der Waals surface area contributed by atoms with Gasteiger partial charge in [-0.2, -0.15) is 5.10 Å². The predicted octanol–water partition coefficient (Wildman–Crippen LogP) is 0.917. The van der Waals surface area contributed by atoms with Gasteiger partial charge >= 0.3 is 0 Å².